The molecule has 0 aliphatic heterocycles. The Bertz CT molecular complexity index is 1500. The molecule has 0 N–H and O–H groups in total. The smallest absolute Gasteiger partial charge is 0.344 e. The third-order valence-corrected chi connectivity index (χ3v) is 6.11. The summed E-state index contributed by atoms with van der Waals surface area (Å²) in [5, 5.41) is 3.31. The van der Waals surface area contributed by atoms with Gasteiger partial charge in [-0.05, 0) is 65.7 Å². The van der Waals surface area contributed by atoms with Crippen LogP contribution in [0, 0.1) is 6.92 Å². The molecule has 0 bridgehead atoms. The molecule has 5 rings (SSSR count). The number of halogens is 2. The van der Waals surface area contributed by atoms with E-state index >= 15 is 0 Å². The molecule has 5 heteroatoms. The summed E-state index contributed by atoms with van der Waals surface area (Å²) in [5.74, 6) is 0.0373. The summed E-state index contributed by atoms with van der Waals surface area (Å²) in [4.78, 5) is 18.1. The van der Waals surface area contributed by atoms with E-state index in [0.29, 0.717) is 27.4 Å². The molecule has 0 spiro atoms. The normalized spacial score (nSPS) is 11.1. The van der Waals surface area contributed by atoms with Crippen molar-refractivity contribution >= 4 is 55.2 Å². The minimum absolute atomic E-state index is 0.423. The topological polar surface area (TPSA) is 39.2 Å². The fourth-order valence-electron chi connectivity index (χ4n) is 3.79. The number of benzene rings is 4. The summed E-state index contributed by atoms with van der Waals surface area (Å²) in [7, 11) is 0. The van der Waals surface area contributed by atoms with Crippen LogP contribution in [0.1, 0.15) is 15.9 Å². The van der Waals surface area contributed by atoms with Crippen molar-refractivity contribution in [2.24, 2.45) is 0 Å². The van der Waals surface area contributed by atoms with E-state index in [4.69, 9.17) is 21.3 Å². The molecule has 4 aromatic carbocycles. The standard InChI is InChI=1S/C27H17BrClNO2/c1-16-12-21(29)14-23-24(15-25(30-26(16)23)18-6-9-20(28)10-7-18)27(31)32-22-11-8-17-4-2-3-5-19(17)13-22/h2-15H,1H3. The molecule has 0 radical (unpaired) electrons. The number of carbonyl (C=O) groups excluding carboxylic acids is 1. The highest BCUT2D eigenvalue weighted by molar-refractivity contribution is 9.10. The van der Waals surface area contributed by atoms with E-state index in [1.165, 1.54) is 0 Å². The van der Waals surface area contributed by atoms with Crippen LogP contribution in [0.2, 0.25) is 5.02 Å². The third kappa shape index (κ3) is 3.99. The molecule has 3 nitrogen and oxygen atoms in total. The lowest BCUT2D eigenvalue weighted by Gasteiger charge is -2.12. The van der Waals surface area contributed by atoms with Gasteiger partial charge in [-0.1, -0.05) is 70.0 Å². The number of aryl methyl sites for hydroxylation is 1. The Morgan fingerprint density at radius 3 is 2.44 bits per heavy atom. The van der Waals surface area contributed by atoms with Gasteiger partial charge < -0.3 is 4.74 Å². The maximum absolute atomic E-state index is 13.3. The van der Waals surface area contributed by atoms with E-state index < -0.39 is 5.97 Å². The number of fused-ring (bicyclic) bond motifs is 2. The van der Waals surface area contributed by atoms with E-state index in [1.54, 1.807) is 18.2 Å². The maximum Gasteiger partial charge on any atom is 0.344 e. The summed E-state index contributed by atoms with van der Waals surface area (Å²) in [6.45, 7) is 1.94. The molecule has 156 valence electrons. The quantitative estimate of drug-likeness (QED) is 0.185. The van der Waals surface area contributed by atoms with Gasteiger partial charge in [0.05, 0.1) is 16.8 Å². The summed E-state index contributed by atoms with van der Waals surface area (Å²) in [6.07, 6.45) is 0. The predicted molar refractivity (Wildman–Crippen MR) is 134 cm³/mol. The van der Waals surface area contributed by atoms with Crippen molar-refractivity contribution in [3.63, 3.8) is 0 Å². The zero-order valence-electron chi connectivity index (χ0n) is 17.1. The molecule has 0 amide bonds. The Labute approximate surface area is 198 Å². The highest BCUT2D eigenvalue weighted by atomic mass is 79.9. The average Bonchev–Trinajstić information content (AvgIpc) is 2.79. The number of hydrogen-bond acceptors (Lipinski definition) is 3. The van der Waals surface area contributed by atoms with Gasteiger partial charge in [-0.15, -0.1) is 0 Å². The first-order valence-corrected chi connectivity index (χ1v) is 11.2. The molecule has 1 heterocycles. The molecular formula is C27H17BrClNO2. The Balaban J connectivity index is 1.63. The van der Waals surface area contributed by atoms with Crippen LogP contribution in [0.3, 0.4) is 0 Å². The van der Waals surface area contributed by atoms with Gasteiger partial charge in [0.25, 0.3) is 0 Å². The van der Waals surface area contributed by atoms with Gasteiger partial charge in [0.1, 0.15) is 5.75 Å². The first-order valence-electron chi connectivity index (χ1n) is 10.1. The SMILES string of the molecule is Cc1cc(Cl)cc2c(C(=O)Oc3ccc4ccccc4c3)cc(-c3ccc(Br)cc3)nc12. The van der Waals surface area contributed by atoms with E-state index in [9.17, 15) is 4.79 Å². The van der Waals surface area contributed by atoms with Crippen molar-refractivity contribution in [1.29, 1.82) is 0 Å². The second-order valence-electron chi connectivity index (χ2n) is 7.58. The summed E-state index contributed by atoms with van der Waals surface area (Å²) >= 11 is 9.78. The van der Waals surface area contributed by atoms with Crippen LogP contribution in [0.5, 0.6) is 5.75 Å². The molecule has 5 aromatic rings. The number of nitrogens with zero attached hydrogens (tertiary/aromatic N) is 1. The van der Waals surface area contributed by atoms with Crippen LogP contribution in [-0.4, -0.2) is 11.0 Å². The highest BCUT2D eigenvalue weighted by Crippen LogP contribution is 2.31. The largest absolute Gasteiger partial charge is 0.423 e. The molecule has 0 atom stereocenters. The van der Waals surface area contributed by atoms with Crippen LogP contribution < -0.4 is 4.74 Å². The lowest BCUT2D eigenvalue weighted by molar-refractivity contribution is 0.0737. The number of hydrogen-bond donors (Lipinski definition) is 0. The Hall–Kier alpha value is -3.21. The minimum Gasteiger partial charge on any atom is -0.423 e. The van der Waals surface area contributed by atoms with Gasteiger partial charge in [-0.3, -0.25) is 0 Å². The molecule has 32 heavy (non-hydrogen) atoms. The Morgan fingerprint density at radius 1 is 0.906 bits per heavy atom. The summed E-state index contributed by atoms with van der Waals surface area (Å²) in [6, 6.07) is 26.8. The monoisotopic (exact) mass is 501 g/mol. The van der Waals surface area contributed by atoms with E-state index in [1.807, 2.05) is 73.7 Å². The highest BCUT2D eigenvalue weighted by Gasteiger charge is 2.18. The summed E-state index contributed by atoms with van der Waals surface area (Å²) in [5.41, 5.74) is 3.64. The number of aromatic nitrogens is 1. The zero-order chi connectivity index (χ0) is 22.2. The van der Waals surface area contributed by atoms with Gasteiger partial charge in [0, 0.05) is 20.4 Å². The molecule has 0 aliphatic rings. The zero-order valence-corrected chi connectivity index (χ0v) is 19.4. The molecule has 0 fully saturated rings. The van der Waals surface area contributed by atoms with E-state index in [-0.39, 0.29) is 0 Å². The third-order valence-electron chi connectivity index (χ3n) is 5.36. The van der Waals surface area contributed by atoms with Crippen LogP contribution in [-0.2, 0) is 0 Å². The molecule has 0 aliphatic carbocycles. The van der Waals surface area contributed by atoms with E-state index in [0.717, 1.165) is 31.9 Å². The van der Waals surface area contributed by atoms with Crippen molar-refractivity contribution in [3.05, 3.63) is 106 Å². The Morgan fingerprint density at radius 2 is 1.66 bits per heavy atom. The van der Waals surface area contributed by atoms with Gasteiger partial charge in [0.2, 0.25) is 0 Å². The van der Waals surface area contributed by atoms with Crippen molar-refractivity contribution in [3.8, 4) is 17.0 Å². The number of ether oxygens (including phenoxy) is 1. The molecule has 0 unspecified atom stereocenters. The van der Waals surface area contributed by atoms with E-state index in [2.05, 4.69) is 15.9 Å². The maximum atomic E-state index is 13.3. The van der Waals surface area contributed by atoms with Gasteiger partial charge in [-0.25, -0.2) is 9.78 Å². The lowest BCUT2D eigenvalue weighted by atomic mass is 10.0. The first-order chi connectivity index (χ1) is 15.5. The first kappa shape index (κ1) is 20.7. The fraction of sp³-hybridized carbons (Fsp3) is 0.0370. The Kier molecular flexibility index (Phi) is 5.41. The van der Waals surface area contributed by atoms with Crippen molar-refractivity contribution in [2.75, 3.05) is 0 Å². The van der Waals surface area contributed by atoms with Crippen LogP contribution in [0.15, 0.2) is 89.4 Å². The molecule has 0 saturated heterocycles. The van der Waals surface area contributed by atoms with Gasteiger partial charge in [0.15, 0.2) is 0 Å². The van der Waals surface area contributed by atoms with Crippen LogP contribution in [0.4, 0.5) is 0 Å². The predicted octanol–water partition coefficient (Wildman–Crippen LogP) is 8.00. The second-order valence-corrected chi connectivity index (χ2v) is 8.93. The van der Waals surface area contributed by atoms with Crippen molar-refractivity contribution < 1.29 is 9.53 Å². The summed E-state index contributed by atoms with van der Waals surface area (Å²) < 4.78 is 6.76. The molecule has 1 aromatic heterocycles. The lowest BCUT2D eigenvalue weighted by Crippen LogP contribution is -2.10. The number of carbonyl (C=O) groups is 1. The van der Waals surface area contributed by atoms with Gasteiger partial charge >= 0.3 is 5.97 Å². The van der Waals surface area contributed by atoms with Gasteiger partial charge in [-0.2, -0.15) is 0 Å². The molecule has 0 saturated carbocycles. The fourth-order valence-corrected chi connectivity index (χ4v) is 4.32. The van der Waals surface area contributed by atoms with Crippen LogP contribution in [0.25, 0.3) is 32.9 Å². The minimum atomic E-state index is -0.451. The second kappa shape index (κ2) is 8.38. The van der Waals surface area contributed by atoms with Crippen molar-refractivity contribution in [2.45, 2.75) is 6.92 Å². The van der Waals surface area contributed by atoms with Crippen LogP contribution >= 0.6 is 27.5 Å². The number of pyridine rings is 1. The number of rotatable bonds is 3. The average molecular weight is 503 g/mol. The van der Waals surface area contributed by atoms with Crippen molar-refractivity contribution in [1.82, 2.24) is 4.98 Å². The molecular weight excluding hydrogens is 486 g/mol. The number of esters is 1.